The molecule has 1 aliphatic heterocycles. The van der Waals surface area contributed by atoms with Gasteiger partial charge in [0.15, 0.2) is 0 Å². The maximum Gasteiger partial charge on any atom is 0.131 e. The Labute approximate surface area is 110 Å². The van der Waals surface area contributed by atoms with Gasteiger partial charge in [0.25, 0.3) is 0 Å². The van der Waals surface area contributed by atoms with E-state index < -0.39 is 0 Å². The smallest absolute Gasteiger partial charge is 0.131 e. The molecule has 0 spiro atoms. The molecule has 4 nitrogen and oxygen atoms in total. The highest BCUT2D eigenvalue weighted by atomic mass is 15.2. The van der Waals surface area contributed by atoms with Crippen LogP contribution in [0.2, 0.25) is 0 Å². The van der Waals surface area contributed by atoms with E-state index in [1.54, 1.807) is 6.33 Å². The lowest BCUT2D eigenvalue weighted by molar-refractivity contribution is 0.328. The van der Waals surface area contributed by atoms with Crippen LogP contribution in [0.25, 0.3) is 0 Å². The highest BCUT2D eigenvalue weighted by Crippen LogP contribution is 2.21. The molecule has 0 amide bonds. The van der Waals surface area contributed by atoms with Crippen molar-refractivity contribution in [2.45, 2.75) is 39.2 Å². The summed E-state index contributed by atoms with van der Waals surface area (Å²) in [6.07, 6.45) is 5.93. The third-order valence-electron chi connectivity index (χ3n) is 3.43. The molecule has 4 heteroatoms. The van der Waals surface area contributed by atoms with E-state index in [-0.39, 0.29) is 5.54 Å². The average Bonchev–Trinajstić information content (AvgIpc) is 2.37. The lowest BCUT2D eigenvalue weighted by atomic mass is 9.95. The molecular formula is C14H24N4. The molecule has 0 aliphatic carbocycles. The molecule has 0 bridgehead atoms. The quantitative estimate of drug-likeness (QED) is 0.889. The van der Waals surface area contributed by atoms with Crippen molar-refractivity contribution in [3.63, 3.8) is 0 Å². The molecule has 2 rings (SSSR count). The molecule has 0 radical (unpaired) electrons. The van der Waals surface area contributed by atoms with Gasteiger partial charge in [-0.25, -0.2) is 9.97 Å². The van der Waals surface area contributed by atoms with E-state index in [0.717, 1.165) is 31.4 Å². The van der Waals surface area contributed by atoms with Crippen LogP contribution in [0.3, 0.4) is 0 Å². The molecule has 1 N–H and O–H groups in total. The van der Waals surface area contributed by atoms with Gasteiger partial charge in [-0.2, -0.15) is 0 Å². The Balaban J connectivity index is 1.78. The van der Waals surface area contributed by atoms with Crippen LogP contribution in [0.1, 0.15) is 33.6 Å². The van der Waals surface area contributed by atoms with Gasteiger partial charge in [0.05, 0.1) is 0 Å². The lowest BCUT2D eigenvalue weighted by Crippen LogP contribution is -2.43. The minimum atomic E-state index is 0.226. The van der Waals surface area contributed by atoms with Crippen LogP contribution in [-0.2, 0) is 0 Å². The zero-order valence-electron chi connectivity index (χ0n) is 11.7. The van der Waals surface area contributed by atoms with Crippen LogP contribution in [-0.4, -0.2) is 35.1 Å². The topological polar surface area (TPSA) is 41.0 Å². The van der Waals surface area contributed by atoms with E-state index in [4.69, 9.17) is 0 Å². The monoisotopic (exact) mass is 248 g/mol. The molecule has 1 aromatic rings. The first kappa shape index (κ1) is 13.3. The second-order valence-electron chi connectivity index (χ2n) is 6.13. The summed E-state index contributed by atoms with van der Waals surface area (Å²) < 4.78 is 0. The van der Waals surface area contributed by atoms with E-state index in [0.29, 0.717) is 0 Å². The molecular weight excluding hydrogens is 224 g/mol. The summed E-state index contributed by atoms with van der Waals surface area (Å²) in [6.45, 7) is 10.0. The van der Waals surface area contributed by atoms with Gasteiger partial charge in [0, 0.05) is 24.8 Å². The minimum Gasteiger partial charge on any atom is -0.357 e. The first-order valence-corrected chi connectivity index (χ1v) is 6.80. The highest BCUT2D eigenvalue weighted by molar-refractivity contribution is 5.36. The van der Waals surface area contributed by atoms with E-state index in [2.05, 4.69) is 41.0 Å². The third-order valence-corrected chi connectivity index (χ3v) is 3.43. The van der Waals surface area contributed by atoms with Crippen LogP contribution < -0.4 is 10.2 Å². The predicted octanol–water partition coefficient (Wildman–Crippen LogP) is 2.08. The fraction of sp³-hybridized carbons (Fsp3) is 0.714. The third kappa shape index (κ3) is 3.95. The summed E-state index contributed by atoms with van der Waals surface area (Å²) in [5, 5.41) is 3.60. The van der Waals surface area contributed by atoms with Crippen LogP contribution in [0.15, 0.2) is 18.6 Å². The SMILES string of the molecule is CC(C)(C)NCC1CCN(c2ccncn2)CC1. The zero-order valence-corrected chi connectivity index (χ0v) is 11.7. The minimum absolute atomic E-state index is 0.226. The number of piperidine rings is 1. The van der Waals surface area contributed by atoms with Gasteiger partial charge in [-0.1, -0.05) is 0 Å². The fourth-order valence-electron chi connectivity index (χ4n) is 2.29. The standard InChI is InChI=1S/C14H24N4/c1-14(2,3)17-10-12-5-8-18(9-6-12)13-4-7-15-11-16-13/h4,7,11-12,17H,5-6,8-10H2,1-3H3. The molecule has 1 aliphatic rings. The van der Waals surface area contributed by atoms with Crippen molar-refractivity contribution in [2.75, 3.05) is 24.5 Å². The Morgan fingerprint density at radius 1 is 1.33 bits per heavy atom. The van der Waals surface area contributed by atoms with Crippen molar-refractivity contribution in [1.29, 1.82) is 0 Å². The molecule has 1 aromatic heterocycles. The summed E-state index contributed by atoms with van der Waals surface area (Å²) in [7, 11) is 0. The molecule has 18 heavy (non-hydrogen) atoms. The molecule has 100 valence electrons. The van der Waals surface area contributed by atoms with Crippen molar-refractivity contribution in [1.82, 2.24) is 15.3 Å². The van der Waals surface area contributed by atoms with Gasteiger partial charge in [0.1, 0.15) is 12.1 Å². The first-order chi connectivity index (χ1) is 8.54. The van der Waals surface area contributed by atoms with Crippen molar-refractivity contribution >= 4 is 5.82 Å². The molecule has 0 unspecified atom stereocenters. The van der Waals surface area contributed by atoms with Gasteiger partial charge in [0.2, 0.25) is 0 Å². The Bertz CT molecular complexity index is 350. The molecule has 1 fully saturated rings. The number of nitrogens with one attached hydrogen (secondary N) is 1. The Kier molecular flexibility index (Phi) is 4.17. The predicted molar refractivity (Wildman–Crippen MR) is 74.7 cm³/mol. The van der Waals surface area contributed by atoms with Crippen molar-refractivity contribution in [3.05, 3.63) is 18.6 Å². The van der Waals surface area contributed by atoms with Gasteiger partial charge in [-0.15, -0.1) is 0 Å². The highest BCUT2D eigenvalue weighted by Gasteiger charge is 2.21. The van der Waals surface area contributed by atoms with Crippen molar-refractivity contribution < 1.29 is 0 Å². The molecule has 0 saturated carbocycles. The van der Waals surface area contributed by atoms with Gasteiger partial charge < -0.3 is 10.2 Å². The first-order valence-electron chi connectivity index (χ1n) is 6.80. The number of anilines is 1. The summed E-state index contributed by atoms with van der Waals surface area (Å²) in [5.41, 5.74) is 0.226. The number of aromatic nitrogens is 2. The van der Waals surface area contributed by atoms with E-state index >= 15 is 0 Å². The zero-order chi connectivity index (χ0) is 13.0. The summed E-state index contributed by atoms with van der Waals surface area (Å²) in [5.74, 6) is 1.86. The number of hydrogen-bond acceptors (Lipinski definition) is 4. The Morgan fingerprint density at radius 2 is 2.06 bits per heavy atom. The van der Waals surface area contributed by atoms with Gasteiger partial charge in [-0.05, 0) is 52.1 Å². The number of rotatable bonds is 3. The van der Waals surface area contributed by atoms with Gasteiger partial charge >= 0.3 is 0 Å². The van der Waals surface area contributed by atoms with Crippen LogP contribution >= 0.6 is 0 Å². The fourth-order valence-corrected chi connectivity index (χ4v) is 2.29. The van der Waals surface area contributed by atoms with Crippen molar-refractivity contribution in [2.24, 2.45) is 5.92 Å². The Morgan fingerprint density at radius 3 is 2.61 bits per heavy atom. The molecule has 2 heterocycles. The maximum absolute atomic E-state index is 4.31. The maximum atomic E-state index is 4.31. The van der Waals surface area contributed by atoms with E-state index in [9.17, 15) is 0 Å². The normalized spacial score (nSPS) is 18.1. The van der Waals surface area contributed by atoms with E-state index in [1.807, 2.05) is 12.3 Å². The number of nitrogens with zero attached hydrogens (tertiary/aromatic N) is 3. The largest absolute Gasteiger partial charge is 0.357 e. The lowest BCUT2D eigenvalue weighted by Gasteiger charge is -2.34. The number of hydrogen-bond donors (Lipinski definition) is 1. The summed E-state index contributed by atoms with van der Waals surface area (Å²) in [6, 6.07) is 1.99. The molecule has 0 atom stereocenters. The van der Waals surface area contributed by atoms with Crippen LogP contribution in [0.5, 0.6) is 0 Å². The van der Waals surface area contributed by atoms with Gasteiger partial charge in [-0.3, -0.25) is 0 Å². The van der Waals surface area contributed by atoms with Crippen LogP contribution in [0.4, 0.5) is 5.82 Å². The van der Waals surface area contributed by atoms with Crippen LogP contribution in [0, 0.1) is 5.92 Å². The Hall–Kier alpha value is -1.16. The van der Waals surface area contributed by atoms with Crippen molar-refractivity contribution in [3.8, 4) is 0 Å². The second kappa shape index (κ2) is 5.65. The average molecular weight is 248 g/mol. The second-order valence-corrected chi connectivity index (χ2v) is 6.13. The molecule has 0 aromatic carbocycles. The summed E-state index contributed by atoms with van der Waals surface area (Å²) in [4.78, 5) is 10.6. The summed E-state index contributed by atoms with van der Waals surface area (Å²) >= 11 is 0. The molecule has 1 saturated heterocycles. The van der Waals surface area contributed by atoms with E-state index in [1.165, 1.54) is 12.8 Å².